The molecule has 0 radical (unpaired) electrons. The van der Waals surface area contributed by atoms with E-state index in [2.05, 4.69) is 9.88 Å². The van der Waals surface area contributed by atoms with Crippen LogP contribution in [0.5, 0.6) is 0 Å². The largest absolute Gasteiger partial charge is 0.495 e. The molecule has 3 rings (SSSR count). The van der Waals surface area contributed by atoms with E-state index in [4.69, 9.17) is 14.4 Å². The van der Waals surface area contributed by atoms with E-state index in [-0.39, 0.29) is 11.2 Å². The number of nitrogens with zero attached hydrogens (tertiary/aromatic N) is 3. The van der Waals surface area contributed by atoms with Crippen LogP contribution >= 0.6 is 0 Å². The van der Waals surface area contributed by atoms with Gasteiger partial charge in [0.25, 0.3) is 0 Å². The summed E-state index contributed by atoms with van der Waals surface area (Å²) in [6.07, 6.45) is 0.882. The molecule has 0 atom stereocenters. The van der Waals surface area contributed by atoms with Crippen molar-refractivity contribution in [3.63, 3.8) is 0 Å². The van der Waals surface area contributed by atoms with Crippen molar-refractivity contribution >= 4 is 24.5 Å². The molecule has 2 aliphatic rings. The smallest absolute Gasteiger partial charge is 0.465 e. The van der Waals surface area contributed by atoms with Crippen LogP contribution < -0.4 is 10.4 Å². The second-order valence-corrected chi connectivity index (χ2v) is 7.29. The van der Waals surface area contributed by atoms with Gasteiger partial charge in [0.2, 0.25) is 0 Å². The first-order valence-corrected chi connectivity index (χ1v) is 8.24. The van der Waals surface area contributed by atoms with Crippen LogP contribution in [0.15, 0.2) is 18.3 Å². The third-order valence-electron chi connectivity index (χ3n) is 5.17. The van der Waals surface area contributed by atoms with Gasteiger partial charge in [0.1, 0.15) is 5.82 Å². The Morgan fingerprint density at radius 1 is 1.17 bits per heavy atom. The van der Waals surface area contributed by atoms with Gasteiger partial charge in [-0.25, -0.2) is 9.78 Å². The van der Waals surface area contributed by atoms with Crippen molar-refractivity contribution < 1.29 is 19.2 Å². The van der Waals surface area contributed by atoms with Crippen molar-refractivity contribution in [3.8, 4) is 0 Å². The molecule has 0 spiro atoms. The zero-order valence-corrected chi connectivity index (χ0v) is 14.7. The predicted octanol–water partition coefficient (Wildman–Crippen LogP) is 1.18. The van der Waals surface area contributed by atoms with Crippen LogP contribution in [0.3, 0.4) is 0 Å². The molecule has 0 saturated carbocycles. The normalized spacial score (nSPS) is 22.8. The van der Waals surface area contributed by atoms with Crippen molar-refractivity contribution in [1.29, 1.82) is 0 Å². The maximum absolute atomic E-state index is 11.0. The van der Waals surface area contributed by atoms with Crippen LogP contribution in [-0.2, 0) is 9.31 Å². The van der Waals surface area contributed by atoms with E-state index in [0.717, 1.165) is 11.3 Å². The summed E-state index contributed by atoms with van der Waals surface area (Å²) in [6.45, 7) is 10.3. The summed E-state index contributed by atoms with van der Waals surface area (Å²) in [6, 6.07) is 3.87. The van der Waals surface area contributed by atoms with Gasteiger partial charge in [-0.2, -0.15) is 0 Å². The Morgan fingerprint density at radius 3 is 2.29 bits per heavy atom. The van der Waals surface area contributed by atoms with Crippen LogP contribution in [0.2, 0.25) is 0 Å². The van der Waals surface area contributed by atoms with Gasteiger partial charge in [-0.05, 0) is 45.3 Å². The zero-order chi connectivity index (χ0) is 17.5. The van der Waals surface area contributed by atoms with Crippen LogP contribution in [0.1, 0.15) is 27.7 Å². The Kier molecular flexibility index (Phi) is 4.21. The SMILES string of the molecule is CC1(C)OB(c2ccnc(N3CCN(C(=O)O)CC3)c2)OC1(C)C. The molecule has 7 nitrogen and oxygen atoms in total. The van der Waals surface area contributed by atoms with Crippen LogP contribution in [0.4, 0.5) is 10.6 Å². The van der Waals surface area contributed by atoms with Gasteiger partial charge in [0.05, 0.1) is 11.2 Å². The van der Waals surface area contributed by atoms with E-state index >= 15 is 0 Å². The number of carboxylic acid groups (broad SMARTS) is 1. The maximum Gasteiger partial charge on any atom is 0.495 e. The summed E-state index contributed by atoms with van der Waals surface area (Å²) >= 11 is 0. The average Bonchev–Trinajstić information content (AvgIpc) is 2.76. The highest BCUT2D eigenvalue weighted by Gasteiger charge is 2.51. The number of anilines is 1. The fourth-order valence-electron chi connectivity index (χ4n) is 2.86. The molecule has 1 N–H and O–H groups in total. The maximum atomic E-state index is 11.0. The molecule has 24 heavy (non-hydrogen) atoms. The Bertz CT molecular complexity index is 614. The van der Waals surface area contributed by atoms with Crippen LogP contribution in [0, 0.1) is 0 Å². The molecule has 2 fully saturated rings. The van der Waals surface area contributed by atoms with E-state index < -0.39 is 13.2 Å². The summed E-state index contributed by atoms with van der Waals surface area (Å²) in [5.41, 5.74) is 0.168. The summed E-state index contributed by atoms with van der Waals surface area (Å²) in [5, 5.41) is 9.04. The minimum absolute atomic E-state index is 0.381. The number of hydrogen-bond donors (Lipinski definition) is 1. The third kappa shape index (κ3) is 3.08. The van der Waals surface area contributed by atoms with Crippen molar-refractivity contribution in [3.05, 3.63) is 18.3 Å². The van der Waals surface area contributed by atoms with Gasteiger partial charge in [-0.3, -0.25) is 0 Å². The summed E-state index contributed by atoms with van der Waals surface area (Å²) in [5.74, 6) is 0.826. The van der Waals surface area contributed by atoms with Gasteiger partial charge >= 0.3 is 13.2 Å². The van der Waals surface area contributed by atoms with Crippen LogP contribution in [-0.4, -0.2) is 65.6 Å². The molecular weight excluding hydrogens is 309 g/mol. The van der Waals surface area contributed by atoms with Gasteiger partial charge in [0, 0.05) is 32.4 Å². The first-order chi connectivity index (χ1) is 11.2. The number of hydrogen-bond acceptors (Lipinski definition) is 5. The number of amides is 1. The number of pyridine rings is 1. The van der Waals surface area contributed by atoms with Gasteiger partial charge in [-0.1, -0.05) is 0 Å². The molecule has 1 aromatic heterocycles. The van der Waals surface area contributed by atoms with Gasteiger partial charge < -0.3 is 24.2 Å². The molecule has 0 bridgehead atoms. The Morgan fingerprint density at radius 2 is 1.75 bits per heavy atom. The minimum Gasteiger partial charge on any atom is -0.465 e. The first kappa shape index (κ1) is 17.0. The van der Waals surface area contributed by atoms with E-state index in [1.807, 2.05) is 39.8 Å². The lowest BCUT2D eigenvalue weighted by Gasteiger charge is -2.34. The summed E-state index contributed by atoms with van der Waals surface area (Å²) in [4.78, 5) is 18.9. The molecule has 1 amide bonds. The second-order valence-electron chi connectivity index (χ2n) is 7.29. The Balaban J connectivity index is 1.73. The third-order valence-corrected chi connectivity index (χ3v) is 5.17. The predicted molar refractivity (Wildman–Crippen MR) is 91.8 cm³/mol. The molecule has 0 unspecified atom stereocenters. The molecule has 130 valence electrons. The molecule has 3 heterocycles. The highest BCUT2D eigenvalue weighted by atomic mass is 16.7. The second kappa shape index (κ2) is 5.93. The zero-order valence-electron chi connectivity index (χ0n) is 14.7. The minimum atomic E-state index is -0.867. The van der Waals surface area contributed by atoms with Gasteiger partial charge in [0.15, 0.2) is 0 Å². The molecular formula is C16H24BN3O4. The van der Waals surface area contributed by atoms with Crippen LogP contribution in [0.25, 0.3) is 0 Å². The van der Waals surface area contributed by atoms with Crippen molar-refractivity contribution in [1.82, 2.24) is 9.88 Å². The van der Waals surface area contributed by atoms with E-state index in [1.165, 1.54) is 4.90 Å². The average molecular weight is 333 g/mol. The summed E-state index contributed by atoms with van der Waals surface area (Å²) < 4.78 is 12.2. The Hall–Kier alpha value is -1.80. The van der Waals surface area contributed by atoms with E-state index in [9.17, 15) is 4.79 Å². The van der Waals surface area contributed by atoms with E-state index in [0.29, 0.717) is 26.2 Å². The fourth-order valence-corrected chi connectivity index (χ4v) is 2.86. The molecule has 8 heteroatoms. The lowest BCUT2D eigenvalue weighted by atomic mass is 9.79. The molecule has 1 aromatic rings. The highest BCUT2D eigenvalue weighted by Crippen LogP contribution is 2.36. The lowest BCUT2D eigenvalue weighted by molar-refractivity contribution is 0.00578. The van der Waals surface area contributed by atoms with E-state index in [1.54, 1.807) is 6.20 Å². The molecule has 2 aliphatic heterocycles. The van der Waals surface area contributed by atoms with Crippen molar-refractivity contribution in [2.75, 3.05) is 31.1 Å². The lowest BCUT2D eigenvalue weighted by Crippen LogP contribution is -2.49. The van der Waals surface area contributed by atoms with Crippen molar-refractivity contribution in [2.24, 2.45) is 0 Å². The molecule has 0 aliphatic carbocycles. The molecule has 2 saturated heterocycles. The standard InChI is InChI=1S/C16H24BN3O4/c1-15(2)16(3,4)24-17(23-15)12-5-6-18-13(11-12)19-7-9-20(10-8-19)14(21)22/h5-6,11H,7-10H2,1-4H3,(H,21,22). The number of piperazine rings is 1. The van der Waals surface area contributed by atoms with Gasteiger partial charge in [-0.15, -0.1) is 0 Å². The highest BCUT2D eigenvalue weighted by molar-refractivity contribution is 6.62. The quantitative estimate of drug-likeness (QED) is 0.820. The number of aromatic nitrogens is 1. The fraction of sp³-hybridized carbons (Fsp3) is 0.625. The van der Waals surface area contributed by atoms with Crippen molar-refractivity contribution in [2.45, 2.75) is 38.9 Å². The number of rotatable bonds is 2. The Labute approximate surface area is 142 Å². The first-order valence-electron chi connectivity index (χ1n) is 8.24. The monoisotopic (exact) mass is 333 g/mol. The topological polar surface area (TPSA) is 75.1 Å². The number of carbonyl (C=O) groups is 1. The summed E-state index contributed by atoms with van der Waals surface area (Å²) in [7, 11) is -0.419. The molecule has 0 aromatic carbocycles.